The number of ether oxygens (including phenoxy) is 2. The second-order valence-corrected chi connectivity index (χ2v) is 7.26. The number of anilines is 1. The van der Waals surface area contributed by atoms with Crippen molar-refractivity contribution >= 4 is 11.7 Å². The average Bonchev–Trinajstić information content (AvgIpc) is 2.62. The smallest absolute Gasteiger partial charge is 0.311 e. The van der Waals surface area contributed by atoms with E-state index in [4.69, 9.17) is 9.47 Å². The monoisotopic (exact) mass is 361 g/mol. The van der Waals surface area contributed by atoms with Crippen LogP contribution in [0.2, 0.25) is 0 Å². The molecule has 4 nitrogen and oxygen atoms in total. The highest BCUT2D eigenvalue weighted by Crippen LogP contribution is 2.36. The van der Waals surface area contributed by atoms with E-state index in [-0.39, 0.29) is 17.9 Å². The van der Waals surface area contributed by atoms with Crippen LogP contribution < -0.4 is 10.1 Å². The van der Waals surface area contributed by atoms with Crippen LogP contribution >= 0.6 is 0 Å². The van der Waals surface area contributed by atoms with Gasteiger partial charge in [0.15, 0.2) is 0 Å². The normalized spacial score (nSPS) is 13.6. The molecule has 0 spiro atoms. The number of hydrogen-bond acceptors (Lipinski definition) is 4. The Bertz CT molecular complexity index is 551. The van der Waals surface area contributed by atoms with Gasteiger partial charge in [-0.2, -0.15) is 0 Å². The van der Waals surface area contributed by atoms with Crippen LogP contribution in [0.5, 0.6) is 5.75 Å². The van der Waals surface area contributed by atoms with E-state index < -0.39 is 5.41 Å². The fraction of sp³-hybridized carbons (Fsp3) is 0.591. The van der Waals surface area contributed by atoms with E-state index >= 15 is 0 Å². The summed E-state index contributed by atoms with van der Waals surface area (Å²) >= 11 is 0. The summed E-state index contributed by atoms with van der Waals surface area (Å²) in [7, 11) is 1.66. The summed E-state index contributed by atoms with van der Waals surface area (Å²) in [5.41, 5.74) is 0.536. The lowest BCUT2D eigenvalue weighted by molar-refractivity contribution is -0.157. The third kappa shape index (κ3) is 6.40. The molecule has 1 aromatic carbocycles. The Hall–Kier alpha value is -1.97. The molecule has 0 saturated carbocycles. The first-order valence-electron chi connectivity index (χ1n) is 9.57. The maximum absolute atomic E-state index is 12.5. The number of hydrogen-bond donors (Lipinski definition) is 1. The summed E-state index contributed by atoms with van der Waals surface area (Å²) in [6.45, 7) is 12.3. The zero-order valence-electron chi connectivity index (χ0n) is 17.0. The highest BCUT2D eigenvalue weighted by Gasteiger charge is 2.38. The van der Waals surface area contributed by atoms with Crippen molar-refractivity contribution in [2.45, 2.75) is 59.4 Å². The van der Waals surface area contributed by atoms with Crippen LogP contribution in [0.25, 0.3) is 0 Å². The molecule has 146 valence electrons. The average molecular weight is 362 g/mol. The predicted molar refractivity (Wildman–Crippen MR) is 109 cm³/mol. The minimum absolute atomic E-state index is 0.111. The summed E-state index contributed by atoms with van der Waals surface area (Å²) < 4.78 is 10.5. The van der Waals surface area contributed by atoms with Gasteiger partial charge in [-0.15, -0.1) is 6.58 Å². The molecule has 4 heteroatoms. The van der Waals surface area contributed by atoms with Crippen LogP contribution in [0, 0.1) is 11.3 Å². The van der Waals surface area contributed by atoms with E-state index in [0.29, 0.717) is 6.61 Å². The lowest BCUT2D eigenvalue weighted by Crippen LogP contribution is -2.38. The Balaban J connectivity index is 2.91. The van der Waals surface area contributed by atoms with Crippen molar-refractivity contribution in [1.29, 1.82) is 0 Å². The van der Waals surface area contributed by atoms with E-state index in [1.807, 2.05) is 51.1 Å². The molecule has 0 amide bonds. The fourth-order valence-corrected chi connectivity index (χ4v) is 3.29. The first-order chi connectivity index (χ1) is 12.4. The van der Waals surface area contributed by atoms with Gasteiger partial charge < -0.3 is 14.8 Å². The molecule has 0 heterocycles. The van der Waals surface area contributed by atoms with Crippen molar-refractivity contribution in [3.8, 4) is 5.75 Å². The lowest BCUT2D eigenvalue weighted by Gasteiger charge is -2.35. The van der Waals surface area contributed by atoms with Crippen molar-refractivity contribution in [3.05, 3.63) is 36.9 Å². The number of nitrogens with one attached hydrogen (secondary N) is 1. The van der Waals surface area contributed by atoms with Crippen molar-refractivity contribution in [2.24, 2.45) is 11.3 Å². The topological polar surface area (TPSA) is 47.6 Å². The Morgan fingerprint density at radius 3 is 2.42 bits per heavy atom. The Labute approximate surface area is 159 Å². The van der Waals surface area contributed by atoms with E-state index in [9.17, 15) is 4.79 Å². The van der Waals surface area contributed by atoms with Gasteiger partial charge in [0.25, 0.3) is 0 Å². The summed E-state index contributed by atoms with van der Waals surface area (Å²) in [5, 5.41) is 3.58. The molecular weight excluding hydrogens is 326 g/mol. The van der Waals surface area contributed by atoms with Crippen molar-refractivity contribution < 1.29 is 14.3 Å². The molecule has 0 unspecified atom stereocenters. The minimum Gasteiger partial charge on any atom is -0.497 e. The van der Waals surface area contributed by atoms with Crippen molar-refractivity contribution in [3.63, 3.8) is 0 Å². The zero-order chi connectivity index (χ0) is 19.6. The lowest BCUT2D eigenvalue weighted by atomic mass is 9.73. The Kier molecular flexibility index (Phi) is 9.25. The van der Waals surface area contributed by atoms with E-state index in [1.165, 1.54) is 0 Å². The first kappa shape index (κ1) is 22.1. The summed E-state index contributed by atoms with van der Waals surface area (Å²) in [6.07, 6.45) is 5.69. The fourth-order valence-electron chi connectivity index (χ4n) is 3.29. The molecule has 0 fully saturated rings. The molecule has 0 saturated heterocycles. The number of esters is 1. The summed E-state index contributed by atoms with van der Waals surface area (Å²) in [4.78, 5) is 12.5. The van der Waals surface area contributed by atoms with E-state index in [1.54, 1.807) is 7.11 Å². The third-order valence-electron chi connectivity index (χ3n) is 4.94. The molecule has 0 radical (unpaired) electrons. The molecule has 0 aliphatic heterocycles. The number of carbonyl (C=O) groups is 1. The summed E-state index contributed by atoms with van der Waals surface area (Å²) in [5.74, 6) is 0.964. The highest BCUT2D eigenvalue weighted by molar-refractivity contribution is 5.76. The number of rotatable bonds is 12. The zero-order valence-corrected chi connectivity index (χ0v) is 17.0. The van der Waals surface area contributed by atoms with Crippen molar-refractivity contribution in [1.82, 2.24) is 0 Å². The van der Waals surface area contributed by atoms with Crippen LogP contribution in [-0.4, -0.2) is 25.7 Å². The number of carbonyl (C=O) groups excluding carboxylic acids is 1. The van der Waals surface area contributed by atoms with Gasteiger partial charge in [0.05, 0.1) is 19.1 Å². The van der Waals surface area contributed by atoms with Gasteiger partial charge in [-0.25, -0.2) is 0 Å². The molecule has 0 aliphatic carbocycles. The Morgan fingerprint density at radius 1 is 1.27 bits per heavy atom. The molecule has 0 aliphatic rings. The Morgan fingerprint density at radius 2 is 1.92 bits per heavy atom. The van der Waals surface area contributed by atoms with Gasteiger partial charge in [-0.3, -0.25) is 4.79 Å². The minimum atomic E-state index is -0.507. The largest absolute Gasteiger partial charge is 0.497 e. The molecule has 1 rings (SSSR count). The molecule has 1 N–H and O–H groups in total. The molecule has 26 heavy (non-hydrogen) atoms. The van der Waals surface area contributed by atoms with Gasteiger partial charge in [0.2, 0.25) is 0 Å². The first-order valence-corrected chi connectivity index (χ1v) is 9.57. The third-order valence-corrected chi connectivity index (χ3v) is 4.94. The molecule has 1 aromatic rings. The molecule has 0 aromatic heterocycles. The maximum atomic E-state index is 12.5. The van der Waals surface area contributed by atoms with Gasteiger partial charge in [-0.1, -0.05) is 19.4 Å². The van der Waals surface area contributed by atoms with Gasteiger partial charge >= 0.3 is 5.97 Å². The van der Waals surface area contributed by atoms with Crippen LogP contribution in [0.15, 0.2) is 36.9 Å². The second kappa shape index (κ2) is 10.9. The predicted octanol–water partition coefficient (Wildman–Crippen LogP) is 5.45. The van der Waals surface area contributed by atoms with Gasteiger partial charge in [-0.05, 0) is 70.2 Å². The van der Waals surface area contributed by atoms with Crippen LogP contribution in [-0.2, 0) is 9.53 Å². The SMILES string of the molecule is C=CC[C@@H](C[C@@H](CCC)C(C)(C)C(=O)OCC)Nc1ccc(OC)cc1. The van der Waals surface area contributed by atoms with Crippen LogP contribution in [0.3, 0.4) is 0 Å². The maximum Gasteiger partial charge on any atom is 0.311 e. The van der Waals surface area contributed by atoms with Gasteiger partial charge in [0.1, 0.15) is 5.75 Å². The van der Waals surface area contributed by atoms with E-state index in [0.717, 1.165) is 37.1 Å². The van der Waals surface area contributed by atoms with Crippen molar-refractivity contribution in [2.75, 3.05) is 19.0 Å². The van der Waals surface area contributed by atoms with Crippen LogP contribution in [0.4, 0.5) is 5.69 Å². The standard InChI is InChI=1S/C22H35NO3/c1-7-10-17(22(4,5)21(24)26-9-3)16-19(11-8-2)23-18-12-14-20(25-6)15-13-18/h8,12-15,17,19,23H,2,7,9-11,16H2,1,3-6H3/t17-,19+/m1/s1. The molecule has 2 atom stereocenters. The molecule has 0 bridgehead atoms. The summed E-state index contributed by atoms with van der Waals surface area (Å²) in [6, 6.07) is 8.13. The number of methoxy groups -OCH3 is 1. The second-order valence-electron chi connectivity index (χ2n) is 7.26. The quantitative estimate of drug-likeness (QED) is 0.397. The molecular formula is C22H35NO3. The van der Waals surface area contributed by atoms with Gasteiger partial charge in [0, 0.05) is 11.7 Å². The highest BCUT2D eigenvalue weighted by atomic mass is 16.5. The number of benzene rings is 1. The van der Waals surface area contributed by atoms with E-state index in [2.05, 4.69) is 18.8 Å². The van der Waals surface area contributed by atoms with Crippen LogP contribution in [0.1, 0.15) is 53.4 Å².